The number of aryl methyl sites for hydroxylation is 1. The van der Waals surface area contributed by atoms with Crippen molar-refractivity contribution in [1.29, 1.82) is 0 Å². The third-order valence-electron chi connectivity index (χ3n) is 5.45. The number of nitrogens with one attached hydrogen (secondary N) is 1. The summed E-state index contributed by atoms with van der Waals surface area (Å²) in [4.78, 5) is 21.4. The first-order valence-electron chi connectivity index (χ1n) is 9.77. The van der Waals surface area contributed by atoms with Gasteiger partial charge in [0.15, 0.2) is 5.69 Å². The lowest BCUT2D eigenvalue weighted by molar-refractivity contribution is 0.0740. The Morgan fingerprint density at radius 3 is 2.89 bits per heavy atom. The van der Waals surface area contributed by atoms with Crippen molar-refractivity contribution >= 4 is 11.7 Å². The van der Waals surface area contributed by atoms with E-state index in [1.807, 2.05) is 21.8 Å². The quantitative estimate of drug-likeness (QED) is 0.864. The molecule has 4 rings (SSSR count). The molecule has 4 heterocycles. The molecular formula is C19H27N7O. The van der Waals surface area contributed by atoms with Crippen molar-refractivity contribution in [3.05, 3.63) is 35.8 Å². The Hall–Kier alpha value is -2.48. The maximum Gasteiger partial charge on any atom is 0.276 e. The molecule has 2 aliphatic rings. The Morgan fingerprint density at radius 2 is 2.15 bits per heavy atom. The van der Waals surface area contributed by atoms with Crippen molar-refractivity contribution in [3.63, 3.8) is 0 Å². The molecule has 2 aromatic heterocycles. The topological polar surface area (TPSA) is 79.2 Å². The standard InChI is InChI=1S/C19H27N7O/c1-15-4-2-7-21-18(15)24-8-10-25(11-9-24)19(27)17-14-26(23-22-17)13-16-5-3-6-20-12-16/h2,4,7,14,16,20H,3,5-6,8-13H2,1H3/t16-/m1/s1. The van der Waals surface area contributed by atoms with Gasteiger partial charge in [-0.15, -0.1) is 5.10 Å². The summed E-state index contributed by atoms with van der Waals surface area (Å²) in [6.07, 6.45) is 6.02. The van der Waals surface area contributed by atoms with Gasteiger partial charge in [0.2, 0.25) is 0 Å². The first-order chi connectivity index (χ1) is 13.2. The Balaban J connectivity index is 1.33. The molecule has 0 radical (unpaired) electrons. The van der Waals surface area contributed by atoms with Crippen LogP contribution in [0.25, 0.3) is 0 Å². The molecule has 0 bridgehead atoms. The van der Waals surface area contributed by atoms with E-state index >= 15 is 0 Å². The first-order valence-corrected chi connectivity index (χ1v) is 9.77. The fourth-order valence-electron chi connectivity index (χ4n) is 3.92. The van der Waals surface area contributed by atoms with Crippen LogP contribution in [0.2, 0.25) is 0 Å². The van der Waals surface area contributed by atoms with Gasteiger partial charge in [-0.05, 0) is 50.4 Å². The molecule has 0 aromatic carbocycles. The van der Waals surface area contributed by atoms with Crippen LogP contribution in [0.15, 0.2) is 24.5 Å². The molecule has 2 saturated heterocycles. The lowest BCUT2D eigenvalue weighted by atomic mass is 10.00. The molecule has 2 aromatic rings. The molecule has 0 spiro atoms. The number of anilines is 1. The van der Waals surface area contributed by atoms with Gasteiger partial charge < -0.3 is 15.1 Å². The molecule has 8 heteroatoms. The Kier molecular flexibility index (Phi) is 5.33. The number of carbonyl (C=O) groups is 1. The maximum absolute atomic E-state index is 12.8. The molecule has 1 atom stereocenters. The van der Waals surface area contributed by atoms with Gasteiger partial charge in [0.05, 0.1) is 6.20 Å². The summed E-state index contributed by atoms with van der Waals surface area (Å²) in [5.74, 6) is 1.55. The van der Waals surface area contributed by atoms with Gasteiger partial charge in [0, 0.05) is 38.9 Å². The van der Waals surface area contributed by atoms with E-state index in [-0.39, 0.29) is 5.91 Å². The van der Waals surface area contributed by atoms with Crippen molar-refractivity contribution in [2.75, 3.05) is 44.2 Å². The van der Waals surface area contributed by atoms with Crippen LogP contribution in [0.1, 0.15) is 28.9 Å². The molecule has 2 aliphatic heterocycles. The summed E-state index contributed by atoms with van der Waals surface area (Å²) >= 11 is 0. The van der Waals surface area contributed by atoms with E-state index in [9.17, 15) is 4.79 Å². The Morgan fingerprint density at radius 1 is 1.30 bits per heavy atom. The van der Waals surface area contributed by atoms with Crippen LogP contribution < -0.4 is 10.2 Å². The summed E-state index contributed by atoms with van der Waals surface area (Å²) in [5, 5.41) is 11.7. The van der Waals surface area contributed by atoms with Crippen molar-refractivity contribution in [2.45, 2.75) is 26.3 Å². The number of nitrogens with zero attached hydrogens (tertiary/aromatic N) is 6. The number of pyridine rings is 1. The molecule has 0 unspecified atom stereocenters. The normalized spacial score (nSPS) is 20.7. The fourth-order valence-corrected chi connectivity index (χ4v) is 3.92. The van der Waals surface area contributed by atoms with E-state index in [1.165, 1.54) is 12.8 Å². The number of hydrogen-bond donors (Lipinski definition) is 1. The number of piperidine rings is 1. The van der Waals surface area contributed by atoms with Gasteiger partial charge in [-0.25, -0.2) is 4.98 Å². The zero-order valence-electron chi connectivity index (χ0n) is 15.8. The minimum atomic E-state index is -0.0274. The highest BCUT2D eigenvalue weighted by atomic mass is 16.2. The van der Waals surface area contributed by atoms with E-state index in [0.717, 1.165) is 44.1 Å². The van der Waals surface area contributed by atoms with Crippen molar-refractivity contribution in [1.82, 2.24) is 30.2 Å². The van der Waals surface area contributed by atoms with E-state index in [1.54, 1.807) is 6.20 Å². The van der Waals surface area contributed by atoms with E-state index in [0.29, 0.717) is 24.7 Å². The van der Waals surface area contributed by atoms with Crippen LogP contribution >= 0.6 is 0 Å². The molecule has 1 N–H and O–H groups in total. The highest BCUT2D eigenvalue weighted by Gasteiger charge is 2.25. The summed E-state index contributed by atoms with van der Waals surface area (Å²) in [7, 11) is 0. The smallest absolute Gasteiger partial charge is 0.276 e. The van der Waals surface area contributed by atoms with Gasteiger partial charge in [0.25, 0.3) is 5.91 Å². The van der Waals surface area contributed by atoms with Crippen LogP contribution in [0.4, 0.5) is 5.82 Å². The number of carbonyl (C=O) groups excluding carboxylic acids is 1. The predicted octanol–water partition coefficient (Wildman–Crippen LogP) is 0.944. The highest BCUT2D eigenvalue weighted by Crippen LogP contribution is 2.18. The van der Waals surface area contributed by atoms with Crippen molar-refractivity contribution in [3.8, 4) is 0 Å². The number of amides is 1. The molecule has 0 aliphatic carbocycles. The number of hydrogen-bond acceptors (Lipinski definition) is 6. The second-order valence-electron chi connectivity index (χ2n) is 7.46. The molecule has 144 valence electrons. The van der Waals surface area contributed by atoms with Gasteiger partial charge in [-0.2, -0.15) is 0 Å². The van der Waals surface area contributed by atoms with Crippen molar-refractivity contribution < 1.29 is 4.79 Å². The molecule has 27 heavy (non-hydrogen) atoms. The van der Waals surface area contributed by atoms with Crippen LogP contribution in [0.3, 0.4) is 0 Å². The summed E-state index contributed by atoms with van der Waals surface area (Å²) < 4.78 is 1.82. The average molecular weight is 369 g/mol. The molecule has 2 fully saturated rings. The Labute approximate surface area is 159 Å². The summed E-state index contributed by atoms with van der Waals surface area (Å²) in [5.41, 5.74) is 1.61. The van der Waals surface area contributed by atoms with E-state index in [4.69, 9.17) is 0 Å². The second kappa shape index (κ2) is 8.04. The van der Waals surface area contributed by atoms with Gasteiger partial charge >= 0.3 is 0 Å². The van der Waals surface area contributed by atoms with Crippen LogP contribution in [-0.4, -0.2) is 70.1 Å². The zero-order chi connectivity index (χ0) is 18.6. The lowest BCUT2D eigenvalue weighted by Gasteiger charge is -2.35. The van der Waals surface area contributed by atoms with Gasteiger partial charge in [-0.3, -0.25) is 9.48 Å². The van der Waals surface area contributed by atoms with E-state index < -0.39 is 0 Å². The molecule has 1 amide bonds. The summed E-state index contributed by atoms with van der Waals surface area (Å²) in [6.45, 7) is 7.92. The lowest BCUT2D eigenvalue weighted by Crippen LogP contribution is -2.49. The minimum Gasteiger partial charge on any atom is -0.353 e. The highest BCUT2D eigenvalue weighted by molar-refractivity contribution is 5.92. The van der Waals surface area contributed by atoms with Crippen LogP contribution in [-0.2, 0) is 6.54 Å². The molecule has 8 nitrogen and oxygen atoms in total. The van der Waals surface area contributed by atoms with E-state index in [2.05, 4.69) is 38.5 Å². The first kappa shape index (κ1) is 17.9. The van der Waals surface area contributed by atoms with Crippen LogP contribution in [0.5, 0.6) is 0 Å². The maximum atomic E-state index is 12.8. The molecule has 0 saturated carbocycles. The summed E-state index contributed by atoms with van der Waals surface area (Å²) in [6, 6.07) is 4.02. The largest absolute Gasteiger partial charge is 0.353 e. The number of piperazine rings is 1. The second-order valence-corrected chi connectivity index (χ2v) is 7.46. The SMILES string of the molecule is Cc1cccnc1N1CCN(C(=O)c2cn(C[C@@H]3CCCNC3)nn2)CC1. The van der Waals surface area contributed by atoms with Crippen LogP contribution in [0, 0.1) is 12.8 Å². The third-order valence-corrected chi connectivity index (χ3v) is 5.45. The Bertz CT molecular complexity index is 776. The number of aromatic nitrogens is 4. The zero-order valence-corrected chi connectivity index (χ0v) is 15.8. The van der Waals surface area contributed by atoms with Gasteiger partial charge in [0.1, 0.15) is 5.82 Å². The minimum absolute atomic E-state index is 0.0274. The third kappa shape index (κ3) is 4.10. The van der Waals surface area contributed by atoms with Crippen molar-refractivity contribution in [2.24, 2.45) is 5.92 Å². The predicted molar refractivity (Wildman–Crippen MR) is 103 cm³/mol. The van der Waals surface area contributed by atoms with Gasteiger partial charge in [-0.1, -0.05) is 11.3 Å². The monoisotopic (exact) mass is 369 g/mol. The number of rotatable bonds is 4. The average Bonchev–Trinajstić information content (AvgIpc) is 3.17. The molecular weight excluding hydrogens is 342 g/mol. The fraction of sp³-hybridized carbons (Fsp3) is 0.579.